The van der Waals surface area contributed by atoms with Gasteiger partial charge in [-0.15, -0.1) is 0 Å². The molecule has 0 aliphatic carbocycles. The maximum absolute atomic E-state index is 12.7. The fourth-order valence-electron chi connectivity index (χ4n) is 2.97. The number of piperazine rings is 1. The number of hydrogen-bond acceptors (Lipinski definition) is 2. The molecule has 3 nitrogen and oxygen atoms in total. The second-order valence-electron chi connectivity index (χ2n) is 5.96. The minimum Gasteiger partial charge on any atom is -0.330 e. The van der Waals surface area contributed by atoms with E-state index < -0.39 is 0 Å². The summed E-state index contributed by atoms with van der Waals surface area (Å²) in [5.41, 5.74) is 2.24. The highest BCUT2D eigenvalue weighted by Gasteiger charge is 2.28. The lowest BCUT2D eigenvalue weighted by molar-refractivity contribution is -0.130. The largest absolute Gasteiger partial charge is 0.330 e. The molecule has 2 aromatic carbocycles. The second-order valence-corrected chi connectivity index (χ2v) is 5.96. The van der Waals surface area contributed by atoms with E-state index >= 15 is 0 Å². The van der Waals surface area contributed by atoms with Crippen molar-refractivity contribution in [3.8, 4) is 0 Å². The SMILES string of the molecule is CN1CCN(C(=O)/C=C/c2ccccc2)C(c2ccccc2)C1. The number of carbonyl (C=O) groups is 1. The fraction of sp³-hybridized carbons (Fsp3) is 0.250. The Morgan fingerprint density at radius 3 is 2.35 bits per heavy atom. The van der Waals surface area contributed by atoms with Crippen LogP contribution in [0.5, 0.6) is 0 Å². The summed E-state index contributed by atoms with van der Waals surface area (Å²) in [6, 6.07) is 20.3. The quantitative estimate of drug-likeness (QED) is 0.813. The third-order valence-corrected chi connectivity index (χ3v) is 4.27. The molecule has 0 N–H and O–H groups in total. The number of nitrogens with zero attached hydrogens (tertiary/aromatic N) is 2. The van der Waals surface area contributed by atoms with Gasteiger partial charge in [0.25, 0.3) is 0 Å². The lowest BCUT2D eigenvalue weighted by Crippen LogP contribution is -2.48. The first-order valence-corrected chi connectivity index (χ1v) is 8.01. The maximum atomic E-state index is 12.7. The molecule has 1 fully saturated rings. The maximum Gasteiger partial charge on any atom is 0.247 e. The van der Waals surface area contributed by atoms with Crippen LogP contribution in [0.4, 0.5) is 0 Å². The number of hydrogen-bond donors (Lipinski definition) is 0. The smallest absolute Gasteiger partial charge is 0.247 e. The van der Waals surface area contributed by atoms with Gasteiger partial charge in [-0.1, -0.05) is 60.7 Å². The molecule has 118 valence electrons. The lowest BCUT2D eigenvalue weighted by atomic mass is 10.0. The van der Waals surface area contributed by atoms with Crippen LogP contribution in [0.25, 0.3) is 6.08 Å². The Hall–Kier alpha value is -2.39. The second kappa shape index (κ2) is 7.25. The summed E-state index contributed by atoms with van der Waals surface area (Å²) in [5, 5.41) is 0. The zero-order valence-electron chi connectivity index (χ0n) is 13.4. The molecule has 1 saturated heterocycles. The minimum absolute atomic E-state index is 0.0795. The van der Waals surface area contributed by atoms with E-state index in [9.17, 15) is 4.79 Å². The van der Waals surface area contributed by atoms with Crippen molar-refractivity contribution in [2.75, 3.05) is 26.7 Å². The Morgan fingerprint density at radius 2 is 1.65 bits per heavy atom. The first kappa shape index (κ1) is 15.5. The van der Waals surface area contributed by atoms with E-state index in [0.717, 1.165) is 25.2 Å². The third-order valence-electron chi connectivity index (χ3n) is 4.27. The zero-order chi connectivity index (χ0) is 16.1. The van der Waals surface area contributed by atoms with Crippen LogP contribution in [-0.4, -0.2) is 42.4 Å². The first-order valence-electron chi connectivity index (χ1n) is 8.01. The van der Waals surface area contributed by atoms with Crippen molar-refractivity contribution < 1.29 is 4.79 Å². The van der Waals surface area contributed by atoms with E-state index in [2.05, 4.69) is 24.1 Å². The van der Waals surface area contributed by atoms with Gasteiger partial charge < -0.3 is 9.80 Å². The van der Waals surface area contributed by atoms with Crippen molar-refractivity contribution >= 4 is 12.0 Å². The van der Waals surface area contributed by atoms with Gasteiger partial charge in [0.05, 0.1) is 6.04 Å². The molecule has 3 rings (SSSR count). The lowest BCUT2D eigenvalue weighted by Gasteiger charge is -2.39. The van der Waals surface area contributed by atoms with Crippen LogP contribution in [-0.2, 0) is 4.79 Å². The van der Waals surface area contributed by atoms with Crippen LogP contribution in [0.15, 0.2) is 66.7 Å². The number of carbonyl (C=O) groups excluding carboxylic acids is 1. The monoisotopic (exact) mass is 306 g/mol. The summed E-state index contributed by atoms with van der Waals surface area (Å²) in [6.07, 6.45) is 3.58. The molecule has 1 atom stereocenters. The topological polar surface area (TPSA) is 23.6 Å². The van der Waals surface area contributed by atoms with Crippen molar-refractivity contribution in [3.63, 3.8) is 0 Å². The summed E-state index contributed by atoms with van der Waals surface area (Å²) in [5.74, 6) is 0.0795. The van der Waals surface area contributed by atoms with E-state index in [4.69, 9.17) is 0 Å². The Balaban J connectivity index is 1.78. The molecular weight excluding hydrogens is 284 g/mol. The van der Waals surface area contributed by atoms with Crippen LogP contribution >= 0.6 is 0 Å². The average Bonchev–Trinajstić information content (AvgIpc) is 2.61. The highest BCUT2D eigenvalue weighted by Crippen LogP contribution is 2.25. The molecule has 3 heteroatoms. The molecule has 1 aliphatic heterocycles. The summed E-state index contributed by atoms with van der Waals surface area (Å²) in [7, 11) is 2.11. The number of benzene rings is 2. The number of amides is 1. The van der Waals surface area contributed by atoms with Gasteiger partial charge >= 0.3 is 0 Å². The Kier molecular flexibility index (Phi) is 4.89. The van der Waals surface area contributed by atoms with Crippen LogP contribution < -0.4 is 0 Å². The number of rotatable bonds is 3. The van der Waals surface area contributed by atoms with Crippen molar-refractivity contribution in [1.29, 1.82) is 0 Å². The molecular formula is C20H22N2O. The van der Waals surface area contributed by atoms with Crippen LogP contribution in [0.1, 0.15) is 17.2 Å². The molecule has 0 aromatic heterocycles. The Bertz CT molecular complexity index is 667. The van der Waals surface area contributed by atoms with Gasteiger partial charge in [-0.05, 0) is 24.3 Å². The predicted molar refractivity (Wildman–Crippen MR) is 93.9 cm³/mol. The van der Waals surface area contributed by atoms with Gasteiger partial charge in [0.15, 0.2) is 0 Å². The molecule has 0 radical (unpaired) electrons. The minimum atomic E-state index is 0.0795. The predicted octanol–water partition coefficient (Wildman–Crippen LogP) is 3.22. The molecule has 1 unspecified atom stereocenters. The average molecular weight is 306 g/mol. The highest BCUT2D eigenvalue weighted by molar-refractivity contribution is 5.92. The molecule has 2 aromatic rings. The molecule has 0 saturated carbocycles. The van der Waals surface area contributed by atoms with Crippen molar-refractivity contribution in [1.82, 2.24) is 9.80 Å². The Labute approximate surface area is 137 Å². The van der Waals surface area contributed by atoms with E-state index in [0.29, 0.717) is 0 Å². The highest BCUT2D eigenvalue weighted by atomic mass is 16.2. The van der Waals surface area contributed by atoms with Crippen molar-refractivity contribution in [2.45, 2.75) is 6.04 Å². The fourth-order valence-corrected chi connectivity index (χ4v) is 2.97. The van der Waals surface area contributed by atoms with Gasteiger partial charge in [0.1, 0.15) is 0 Å². The Morgan fingerprint density at radius 1 is 1.00 bits per heavy atom. The third kappa shape index (κ3) is 3.88. The summed E-state index contributed by atoms with van der Waals surface area (Å²) < 4.78 is 0. The van der Waals surface area contributed by atoms with Crippen LogP contribution in [0.3, 0.4) is 0 Å². The van der Waals surface area contributed by atoms with Crippen molar-refractivity contribution in [3.05, 3.63) is 77.9 Å². The van der Waals surface area contributed by atoms with E-state index in [1.54, 1.807) is 6.08 Å². The van der Waals surface area contributed by atoms with E-state index in [1.165, 1.54) is 5.56 Å². The zero-order valence-corrected chi connectivity index (χ0v) is 13.4. The molecule has 0 spiro atoms. The normalized spacial score (nSPS) is 19.2. The molecule has 0 bridgehead atoms. The van der Waals surface area contributed by atoms with Crippen LogP contribution in [0, 0.1) is 0 Å². The van der Waals surface area contributed by atoms with Gasteiger partial charge in [-0.2, -0.15) is 0 Å². The first-order chi connectivity index (χ1) is 11.2. The summed E-state index contributed by atoms with van der Waals surface area (Å²) >= 11 is 0. The van der Waals surface area contributed by atoms with E-state index in [-0.39, 0.29) is 11.9 Å². The molecule has 1 aliphatic rings. The molecule has 23 heavy (non-hydrogen) atoms. The number of likely N-dealkylation sites (N-methyl/N-ethyl adjacent to an activating group) is 1. The summed E-state index contributed by atoms with van der Waals surface area (Å²) in [4.78, 5) is 16.9. The van der Waals surface area contributed by atoms with Gasteiger partial charge in [0, 0.05) is 25.7 Å². The van der Waals surface area contributed by atoms with Gasteiger partial charge in [-0.3, -0.25) is 4.79 Å². The summed E-state index contributed by atoms with van der Waals surface area (Å²) in [6.45, 7) is 2.54. The van der Waals surface area contributed by atoms with Crippen molar-refractivity contribution in [2.24, 2.45) is 0 Å². The standard InChI is InChI=1S/C20H22N2O/c1-21-14-15-22(19(16-21)18-10-6-3-7-11-18)20(23)13-12-17-8-4-2-5-9-17/h2-13,19H,14-16H2,1H3/b13-12+. The van der Waals surface area contributed by atoms with Gasteiger partial charge in [-0.25, -0.2) is 0 Å². The molecule has 1 amide bonds. The van der Waals surface area contributed by atoms with Crippen LogP contribution in [0.2, 0.25) is 0 Å². The van der Waals surface area contributed by atoms with Gasteiger partial charge in [0.2, 0.25) is 5.91 Å². The molecule has 1 heterocycles. The van der Waals surface area contributed by atoms with E-state index in [1.807, 2.05) is 59.5 Å².